The Kier molecular flexibility index (Phi) is 7.48. The van der Waals surface area contributed by atoms with Crippen molar-refractivity contribution in [3.05, 3.63) is 53.5 Å². The summed E-state index contributed by atoms with van der Waals surface area (Å²) in [6.07, 6.45) is 10.0. The fourth-order valence-electron chi connectivity index (χ4n) is 4.87. The predicted molar refractivity (Wildman–Crippen MR) is 139 cm³/mol. The van der Waals surface area contributed by atoms with Crippen molar-refractivity contribution in [2.45, 2.75) is 38.1 Å². The van der Waals surface area contributed by atoms with Gasteiger partial charge in [-0.15, -0.1) is 0 Å². The number of carbonyl (C=O) groups is 1. The van der Waals surface area contributed by atoms with Gasteiger partial charge >= 0.3 is 0 Å². The Bertz CT molecular complexity index is 1040. The van der Waals surface area contributed by atoms with E-state index in [-0.39, 0.29) is 5.91 Å². The van der Waals surface area contributed by atoms with Gasteiger partial charge < -0.3 is 15.5 Å². The maximum Gasteiger partial charge on any atom is 0.238 e. The molecule has 1 amide bonds. The third-order valence-electron chi connectivity index (χ3n) is 6.76. The second-order valence-electron chi connectivity index (χ2n) is 9.16. The Morgan fingerprint density at radius 1 is 0.912 bits per heavy atom. The Morgan fingerprint density at radius 3 is 2.29 bits per heavy atom. The summed E-state index contributed by atoms with van der Waals surface area (Å²) in [4.78, 5) is 26.3. The highest BCUT2D eigenvalue weighted by molar-refractivity contribution is 7.08. The number of benzene rings is 1. The lowest BCUT2D eigenvalue weighted by Crippen LogP contribution is -2.48. The summed E-state index contributed by atoms with van der Waals surface area (Å²) in [5.74, 6) is 0.591. The molecule has 2 fully saturated rings. The molecule has 2 aliphatic heterocycles. The second kappa shape index (κ2) is 11.1. The number of piperidine rings is 2. The van der Waals surface area contributed by atoms with Crippen molar-refractivity contribution in [2.24, 2.45) is 0 Å². The van der Waals surface area contributed by atoms with Crippen molar-refractivity contribution < 1.29 is 4.79 Å². The summed E-state index contributed by atoms with van der Waals surface area (Å²) in [5, 5.41) is 10.4. The first-order valence-electron chi connectivity index (χ1n) is 12.2. The average Bonchev–Trinajstić information content (AvgIpc) is 3.42. The molecule has 2 saturated heterocycles. The highest BCUT2D eigenvalue weighted by Gasteiger charge is 2.26. The van der Waals surface area contributed by atoms with E-state index in [2.05, 4.69) is 41.8 Å². The second-order valence-corrected chi connectivity index (χ2v) is 9.94. The molecular formula is C26H32N6OS. The molecule has 34 heavy (non-hydrogen) atoms. The van der Waals surface area contributed by atoms with Gasteiger partial charge in [0.1, 0.15) is 0 Å². The summed E-state index contributed by atoms with van der Waals surface area (Å²) >= 11 is 1.66. The van der Waals surface area contributed by atoms with Crippen LogP contribution in [0.1, 0.15) is 32.1 Å². The van der Waals surface area contributed by atoms with Gasteiger partial charge in [0, 0.05) is 48.5 Å². The first-order chi connectivity index (χ1) is 16.7. The minimum Gasteiger partial charge on any atom is -0.325 e. The quantitative estimate of drug-likeness (QED) is 0.509. The molecule has 0 bridgehead atoms. The Balaban J connectivity index is 1.07. The fourth-order valence-corrected chi connectivity index (χ4v) is 5.53. The van der Waals surface area contributed by atoms with E-state index in [1.165, 1.54) is 45.2 Å². The number of aromatic nitrogens is 2. The molecule has 0 aliphatic carbocycles. The van der Waals surface area contributed by atoms with Gasteiger partial charge in [0.15, 0.2) is 0 Å². The predicted octanol–water partition coefficient (Wildman–Crippen LogP) is 4.84. The van der Waals surface area contributed by atoms with E-state index in [1.807, 2.05) is 42.0 Å². The Labute approximate surface area is 205 Å². The summed E-state index contributed by atoms with van der Waals surface area (Å²) < 4.78 is 0. The van der Waals surface area contributed by atoms with Crippen LogP contribution in [-0.2, 0) is 4.79 Å². The Hall–Kier alpha value is -2.81. The van der Waals surface area contributed by atoms with Gasteiger partial charge in [-0.1, -0.05) is 6.42 Å². The van der Waals surface area contributed by atoms with Gasteiger partial charge in [0.25, 0.3) is 0 Å². The summed E-state index contributed by atoms with van der Waals surface area (Å²) in [6, 6.07) is 10.4. The summed E-state index contributed by atoms with van der Waals surface area (Å²) in [7, 11) is 0. The van der Waals surface area contributed by atoms with Gasteiger partial charge in [-0.25, -0.2) is 9.97 Å². The van der Waals surface area contributed by atoms with Crippen LogP contribution in [0.4, 0.5) is 17.3 Å². The number of carbonyl (C=O) groups excluding carboxylic acids is 1. The van der Waals surface area contributed by atoms with Crippen LogP contribution in [0.3, 0.4) is 0 Å². The van der Waals surface area contributed by atoms with Crippen molar-refractivity contribution in [1.29, 1.82) is 0 Å². The molecule has 178 valence electrons. The molecule has 0 unspecified atom stereocenters. The van der Waals surface area contributed by atoms with E-state index in [0.717, 1.165) is 35.6 Å². The highest BCUT2D eigenvalue weighted by atomic mass is 32.1. The van der Waals surface area contributed by atoms with Crippen LogP contribution in [0.2, 0.25) is 0 Å². The van der Waals surface area contributed by atoms with E-state index >= 15 is 0 Å². The summed E-state index contributed by atoms with van der Waals surface area (Å²) in [5.41, 5.74) is 3.80. The molecule has 3 aromatic rings. The van der Waals surface area contributed by atoms with Crippen LogP contribution in [0.5, 0.6) is 0 Å². The lowest BCUT2D eigenvalue weighted by atomic mass is 10.00. The zero-order chi connectivity index (χ0) is 23.2. The van der Waals surface area contributed by atoms with Crippen LogP contribution < -0.4 is 10.6 Å². The van der Waals surface area contributed by atoms with E-state index in [9.17, 15) is 4.79 Å². The number of thiophene rings is 1. The maximum absolute atomic E-state index is 12.6. The van der Waals surface area contributed by atoms with E-state index in [1.54, 1.807) is 11.3 Å². The Morgan fingerprint density at radius 2 is 1.62 bits per heavy atom. The molecule has 0 spiro atoms. The van der Waals surface area contributed by atoms with Gasteiger partial charge in [-0.3, -0.25) is 9.69 Å². The third-order valence-corrected chi connectivity index (χ3v) is 7.45. The monoisotopic (exact) mass is 476 g/mol. The normalized spacial score (nSPS) is 18.0. The number of amides is 1. The number of hydrogen-bond donors (Lipinski definition) is 2. The van der Waals surface area contributed by atoms with Crippen molar-refractivity contribution in [1.82, 2.24) is 19.8 Å². The SMILES string of the molecule is O=C(CN1CCC(N2CCCCC2)CC1)Nc1ccc(Nc2ncc(-c3ccsc3)cn2)cc1. The van der Waals surface area contributed by atoms with Crippen LogP contribution >= 0.6 is 11.3 Å². The standard InChI is InChI=1S/C26H32N6OS/c33-25(18-31-13-8-24(9-14-31)32-11-2-1-3-12-32)29-22-4-6-23(7-5-22)30-26-27-16-21(17-28-26)20-10-15-34-19-20/h4-7,10,15-17,19,24H,1-3,8-9,11-14,18H2,(H,29,33)(H,27,28,30). The molecule has 5 rings (SSSR count). The molecule has 2 aromatic heterocycles. The molecule has 7 nitrogen and oxygen atoms in total. The van der Waals surface area contributed by atoms with Crippen LogP contribution in [-0.4, -0.2) is 64.4 Å². The molecule has 0 atom stereocenters. The van der Waals surface area contributed by atoms with Gasteiger partial charge in [0.05, 0.1) is 6.54 Å². The number of nitrogens with one attached hydrogen (secondary N) is 2. The summed E-state index contributed by atoms with van der Waals surface area (Å²) in [6.45, 7) is 4.97. The van der Waals surface area contributed by atoms with E-state index in [0.29, 0.717) is 18.5 Å². The van der Waals surface area contributed by atoms with E-state index < -0.39 is 0 Å². The zero-order valence-corrected chi connectivity index (χ0v) is 20.3. The number of anilines is 3. The molecule has 0 radical (unpaired) electrons. The molecule has 0 saturated carbocycles. The van der Waals surface area contributed by atoms with Gasteiger partial charge in [-0.05, 0) is 85.4 Å². The molecule has 2 aliphatic rings. The van der Waals surface area contributed by atoms with Gasteiger partial charge in [-0.2, -0.15) is 11.3 Å². The molecule has 4 heterocycles. The van der Waals surface area contributed by atoms with Crippen molar-refractivity contribution in [3.8, 4) is 11.1 Å². The number of hydrogen-bond acceptors (Lipinski definition) is 7. The first kappa shape index (κ1) is 23.0. The molecule has 8 heteroatoms. The van der Waals surface area contributed by atoms with Crippen molar-refractivity contribution >= 4 is 34.6 Å². The first-order valence-corrected chi connectivity index (χ1v) is 13.2. The fraction of sp³-hybridized carbons (Fsp3) is 0.423. The topological polar surface area (TPSA) is 73.4 Å². The minimum atomic E-state index is 0.0458. The molecule has 2 N–H and O–H groups in total. The van der Waals surface area contributed by atoms with E-state index in [4.69, 9.17) is 0 Å². The smallest absolute Gasteiger partial charge is 0.238 e. The average molecular weight is 477 g/mol. The third kappa shape index (κ3) is 6.00. The minimum absolute atomic E-state index is 0.0458. The highest BCUT2D eigenvalue weighted by Crippen LogP contribution is 2.23. The number of nitrogens with zero attached hydrogens (tertiary/aromatic N) is 4. The lowest BCUT2D eigenvalue weighted by molar-refractivity contribution is -0.117. The number of rotatable bonds is 7. The maximum atomic E-state index is 12.6. The van der Waals surface area contributed by atoms with Crippen molar-refractivity contribution in [2.75, 3.05) is 43.4 Å². The molecular weight excluding hydrogens is 444 g/mol. The lowest BCUT2D eigenvalue weighted by Gasteiger charge is -2.40. The largest absolute Gasteiger partial charge is 0.325 e. The van der Waals surface area contributed by atoms with Gasteiger partial charge in [0.2, 0.25) is 11.9 Å². The van der Waals surface area contributed by atoms with Crippen LogP contribution in [0.15, 0.2) is 53.5 Å². The van der Waals surface area contributed by atoms with Crippen LogP contribution in [0, 0.1) is 0 Å². The molecule has 1 aromatic carbocycles. The zero-order valence-electron chi connectivity index (χ0n) is 19.4. The number of likely N-dealkylation sites (tertiary alicyclic amines) is 2. The van der Waals surface area contributed by atoms with Crippen LogP contribution in [0.25, 0.3) is 11.1 Å². The van der Waals surface area contributed by atoms with Crippen molar-refractivity contribution in [3.63, 3.8) is 0 Å².